The number of esters is 1. The molecule has 1 spiro atoms. The van der Waals surface area contributed by atoms with Crippen LogP contribution in [-0.4, -0.2) is 40.6 Å². The number of ketones is 1. The van der Waals surface area contributed by atoms with E-state index in [0.717, 1.165) is 18.6 Å². The number of ether oxygens (including phenoxy) is 1. The van der Waals surface area contributed by atoms with Gasteiger partial charge in [-0.3, -0.25) is 14.6 Å². The van der Waals surface area contributed by atoms with Crippen molar-refractivity contribution in [1.82, 2.24) is 0 Å². The Morgan fingerprint density at radius 1 is 1.46 bits per heavy atom. The van der Waals surface area contributed by atoms with Gasteiger partial charge in [-0.05, 0) is 26.3 Å². The predicted octanol–water partition coefficient (Wildman–Crippen LogP) is 2.26. The van der Waals surface area contributed by atoms with Gasteiger partial charge in [0.2, 0.25) is 0 Å². The highest BCUT2D eigenvalue weighted by molar-refractivity contribution is 8.03. The highest BCUT2D eigenvalue weighted by Gasteiger charge is 2.60. The lowest BCUT2D eigenvalue weighted by atomic mass is 9.72. The fourth-order valence-electron chi connectivity index (χ4n) is 3.90. The van der Waals surface area contributed by atoms with Gasteiger partial charge >= 0.3 is 5.97 Å². The maximum absolute atomic E-state index is 12.8. The van der Waals surface area contributed by atoms with Crippen LogP contribution in [0.15, 0.2) is 29.4 Å². The average Bonchev–Trinajstić information content (AvgIpc) is 2.93. The van der Waals surface area contributed by atoms with Gasteiger partial charge in [-0.2, -0.15) is 0 Å². The van der Waals surface area contributed by atoms with E-state index in [4.69, 9.17) is 10.5 Å². The summed E-state index contributed by atoms with van der Waals surface area (Å²) in [5.41, 5.74) is 6.62. The standard InChI is InChI=1S/C18H24N2O3S/c1-2-23-17(22)15-12-8-11-20-14-7-3-4-9-18(12,14)24-16(15)13(21)6-5-10-19/h3-4,8,11-12,15-16H,2,5-7,9-10,19H2,1H3. The molecule has 2 heterocycles. The number of hydrogen-bond acceptors (Lipinski definition) is 6. The van der Waals surface area contributed by atoms with Crippen molar-refractivity contribution in [3.63, 3.8) is 0 Å². The summed E-state index contributed by atoms with van der Waals surface area (Å²) in [7, 11) is 0. The summed E-state index contributed by atoms with van der Waals surface area (Å²) in [6.07, 6.45) is 10.7. The minimum atomic E-state index is -0.437. The first-order valence-corrected chi connectivity index (χ1v) is 9.48. The normalized spacial score (nSPS) is 33.6. The fourth-order valence-corrected chi connectivity index (χ4v) is 5.88. The van der Waals surface area contributed by atoms with Crippen molar-refractivity contribution < 1.29 is 14.3 Å². The predicted molar refractivity (Wildman–Crippen MR) is 96.0 cm³/mol. The van der Waals surface area contributed by atoms with Gasteiger partial charge in [0.25, 0.3) is 0 Å². The third-order valence-electron chi connectivity index (χ3n) is 5.00. The number of nitrogens with zero attached hydrogens (tertiary/aromatic N) is 1. The molecule has 2 N–H and O–H groups in total. The SMILES string of the molecule is CCOC(=O)C1C(C(=O)CCCN)SC23CC=CCC2=NC=CC13. The van der Waals surface area contributed by atoms with Gasteiger partial charge in [0, 0.05) is 30.7 Å². The third kappa shape index (κ3) is 2.86. The molecule has 4 unspecified atom stereocenters. The molecule has 2 aliphatic heterocycles. The second-order valence-corrected chi connectivity index (χ2v) is 7.86. The van der Waals surface area contributed by atoms with Crippen LogP contribution >= 0.6 is 11.8 Å². The first-order chi connectivity index (χ1) is 11.6. The Kier molecular flexibility index (Phi) is 5.25. The fraction of sp³-hybridized carbons (Fsp3) is 0.611. The number of carbonyl (C=O) groups is 2. The zero-order valence-corrected chi connectivity index (χ0v) is 14.8. The van der Waals surface area contributed by atoms with Crippen LogP contribution in [0, 0.1) is 11.8 Å². The Morgan fingerprint density at radius 2 is 2.29 bits per heavy atom. The van der Waals surface area contributed by atoms with Crippen molar-refractivity contribution in [2.24, 2.45) is 22.6 Å². The number of thioether (sulfide) groups is 1. The molecule has 1 saturated heterocycles. The minimum Gasteiger partial charge on any atom is -0.466 e. The molecule has 0 saturated carbocycles. The summed E-state index contributed by atoms with van der Waals surface area (Å²) in [5, 5.41) is -0.375. The van der Waals surface area contributed by atoms with Crippen molar-refractivity contribution in [3.8, 4) is 0 Å². The van der Waals surface area contributed by atoms with E-state index >= 15 is 0 Å². The molecular formula is C18H24N2O3S. The maximum atomic E-state index is 12.8. The molecule has 0 aromatic heterocycles. The molecule has 0 aromatic carbocycles. The van der Waals surface area contributed by atoms with Crippen LogP contribution in [-0.2, 0) is 14.3 Å². The van der Waals surface area contributed by atoms with Gasteiger partial charge in [0.15, 0.2) is 0 Å². The van der Waals surface area contributed by atoms with E-state index in [2.05, 4.69) is 17.1 Å². The van der Waals surface area contributed by atoms with Crippen molar-refractivity contribution in [1.29, 1.82) is 0 Å². The number of nitrogens with two attached hydrogens (primary N) is 1. The number of allylic oxidation sites excluding steroid dienone is 3. The van der Waals surface area contributed by atoms with Crippen molar-refractivity contribution in [2.75, 3.05) is 13.2 Å². The Hall–Kier alpha value is -1.40. The highest BCUT2D eigenvalue weighted by Crippen LogP contribution is 2.58. The van der Waals surface area contributed by atoms with E-state index in [1.165, 1.54) is 0 Å². The van der Waals surface area contributed by atoms with E-state index < -0.39 is 5.92 Å². The molecule has 0 aromatic rings. The Bertz CT molecular complexity index is 613. The zero-order chi connectivity index (χ0) is 17.2. The molecule has 4 atom stereocenters. The lowest BCUT2D eigenvalue weighted by Gasteiger charge is -2.38. The minimum absolute atomic E-state index is 0.0363. The average molecular weight is 348 g/mol. The molecular weight excluding hydrogens is 324 g/mol. The van der Waals surface area contributed by atoms with Gasteiger partial charge in [-0.15, -0.1) is 11.8 Å². The second-order valence-electron chi connectivity index (χ2n) is 6.39. The Labute approximate surface area is 146 Å². The zero-order valence-electron chi connectivity index (χ0n) is 13.9. The molecule has 0 amide bonds. The number of Topliss-reactive ketones (excluding diaryl/α,β-unsaturated/α-hetero) is 1. The van der Waals surface area contributed by atoms with E-state index in [-0.39, 0.29) is 27.7 Å². The molecule has 1 fully saturated rings. The number of aliphatic imine (C=N–C) groups is 1. The van der Waals surface area contributed by atoms with Gasteiger partial charge in [0.1, 0.15) is 5.78 Å². The van der Waals surface area contributed by atoms with E-state index in [1.807, 2.05) is 6.08 Å². The smallest absolute Gasteiger partial charge is 0.311 e. The number of carbonyl (C=O) groups excluding carboxylic acids is 2. The monoisotopic (exact) mass is 348 g/mol. The summed E-state index contributed by atoms with van der Waals surface area (Å²) in [4.78, 5) is 30.0. The van der Waals surface area contributed by atoms with Crippen molar-refractivity contribution >= 4 is 29.2 Å². The quantitative estimate of drug-likeness (QED) is 0.588. The first-order valence-electron chi connectivity index (χ1n) is 8.60. The number of rotatable bonds is 6. The first kappa shape index (κ1) is 17.4. The van der Waals surface area contributed by atoms with Crippen LogP contribution in [0.1, 0.15) is 32.6 Å². The molecule has 6 heteroatoms. The lowest BCUT2D eigenvalue weighted by Crippen LogP contribution is -2.44. The van der Waals surface area contributed by atoms with Crippen molar-refractivity contribution in [2.45, 2.75) is 42.6 Å². The Balaban J connectivity index is 1.95. The van der Waals surface area contributed by atoms with Crippen LogP contribution in [0.3, 0.4) is 0 Å². The Morgan fingerprint density at radius 3 is 3.04 bits per heavy atom. The summed E-state index contributed by atoms with van der Waals surface area (Å²) in [6.45, 7) is 2.61. The van der Waals surface area contributed by atoms with E-state index in [0.29, 0.717) is 26.0 Å². The van der Waals surface area contributed by atoms with Crippen LogP contribution in [0.2, 0.25) is 0 Å². The maximum Gasteiger partial charge on any atom is 0.311 e. The topological polar surface area (TPSA) is 81.8 Å². The van der Waals surface area contributed by atoms with Crippen molar-refractivity contribution in [3.05, 3.63) is 24.4 Å². The summed E-state index contributed by atoms with van der Waals surface area (Å²) in [5.74, 6) is -0.632. The summed E-state index contributed by atoms with van der Waals surface area (Å²) >= 11 is 1.62. The van der Waals surface area contributed by atoms with Crippen LogP contribution in [0.4, 0.5) is 0 Å². The largest absolute Gasteiger partial charge is 0.466 e. The van der Waals surface area contributed by atoms with Gasteiger partial charge < -0.3 is 10.5 Å². The van der Waals surface area contributed by atoms with Crippen LogP contribution in [0.5, 0.6) is 0 Å². The molecule has 0 radical (unpaired) electrons. The second kappa shape index (κ2) is 7.23. The van der Waals surface area contributed by atoms with Crippen LogP contribution in [0.25, 0.3) is 0 Å². The molecule has 130 valence electrons. The van der Waals surface area contributed by atoms with Gasteiger partial charge in [0.05, 0.1) is 22.5 Å². The summed E-state index contributed by atoms with van der Waals surface area (Å²) in [6, 6.07) is 0. The number of hydrogen-bond donors (Lipinski definition) is 1. The van der Waals surface area contributed by atoms with E-state index in [9.17, 15) is 9.59 Å². The third-order valence-corrected chi connectivity index (χ3v) is 6.91. The molecule has 3 rings (SSSR count). The van der Waals surface area contributed by atoms with Crippen LogP contribution < -0.4 is 5.73 Å². The summed E-state index contributed by atoms with van der Waals surface area (Å²) < 4.78 is 5.04. The molecule has 24 heavy (non-hydrogen) atoms. The highest BCUT2D eigenvalue weighted by atomic mass is 32.2. The molecule has 1 aliphatic carbocycles. The molecule has 5 nitrogen and oxygen atoms in total. The molecule has 0 bridgehead atoms. The van der Waals surface area contributed by atoms with E-state index in [1.54, 1.807) is 24.9 Å². The molecule has 3 aliphatic rings. The van der Waals surface area contributed by atoms with Gasteiger partial charge in [-0.1, -0.05) is 18.2 Å². The lowest BCUT2D eigenvalue weighted by molar-refractivity contribution is -0.150. The van der Waals surface area contributed by atoms with Gasteiger partial charge in [-0.25, -0.2) is 0 Å².